The van der Waals surface area contributed by atoms with Crippen molar-refractivity contribution in [2.24, 2.45) is 5.92 Å². The number of carbonyl (C=O) groups excluding carboxylic acids is 2. The van der Waals surface area contributed by atoms with E-state index in [2.05, 4.69) is 5.10 Å². The molecule has 0 N–H and O–H groups in total. The molecule has 0 bridgehead atoms. The Morgan fingerprint density at radius 3 is 3.27 bits per heavy atom. The van der Waals surface area contributed by atoms with Crippen LogP contribution in [0.4, 0.5) is 0 Å². The SMILES string of the molecule is CCOC(=O)C1CCn2nccc2C1=O. The Kier molecular flexibility index (Phi) is 2.53. The Balaban J connectivity index is 2.20. The molecule has 15 heavy (non-hydrogen) atoms. The van der Waals surface area contributed by atoms with Gasteiger partial charge in [-0.3, -0.25) is 14.3 Å². The maximum Gasteiger partial charge on any atom is 0.316 e. The third kappa shape index (κ3) is 1.65. The molecule has 5 nitrogen and oxygen atoms in total. The summed E-state index contributed by atoms with van der Waals surface area (Å²) >= 11 is 0. The summed E-state index contributed by atoms with van der Waals surface area (Å²) in [6, 6.07) is 1.63. The van der Waals surface area contributed by atoms with Crippen LogP contribution in [0.5, 0.6) is 0 Å². The maximum atomic E-state index is 11.8. The number of hydrogen-bond donors (Lipinski definition) is 0. The van der Waals surface area contributed by atoms with Gasteiger partial charge in [-0.05, 0) is 19.4 Å². The number of aryl methyl sites for hydroxylation is 1. The smallest absolute Gasteiger partial charge is 0.316 e. The Labute approximate surface area is 87.0 Å². The minimum atomic E-state index is -0.644. The van der Waals surface area contributed by atoms with E-state index in [0.29, 0.717) is 25.3 Å². The monoisotopic (exact) mass is 208 g/mol. The fourth-order valence-electron chi connectivity index (χ4n) is 1.75. The lowest BCUT2D eigenvalue weighted by Gasteiger charge is -2.20. The topological polar surface area (TPSA) is 61.2 Å². The second-order valence-electron chi connectivity index (χ2n) is 3.40. The van der Waals surface area contributed by atoms with Crippen LogP contribution in [0.15, 0.2) is 12.3 Å². The highest BCUT2D eigenvalue weighted by Crippen LogP contribution is 2.20. The van der Waals surface area contributed by atoms with Crippen molar-refractivity contribution in [3.63, 3.8) is 0 Å². The number of nitrogens with zero attached hydrogens (tertiary/aromatic N) is 2. The summed E-state index contributed by atoms with van der Waals surface area (Å²) in [5.41, 5.74) is 0.499. The lowest BCUT2D eigenvalue weighted by molar-refractivity contribution is -0.146. The summed E-state index contributed by atoms with van der Waals surface area (Å²) in [6.07, 6.45) is 2.05. The quantitative estimate of drug-likeness (QED) is 0.528. The zero-order chi connectivity index (χ0) is 10.8. The van der Waals surface area contributed by atoms with E-state index in [1.54, 1.807) is 23.9 Å². The average Bonchev–Trinajstić information content (AvgIpc) is 2.67. The van der Waals surface area contributed by atoms with Crippen LogP contribution in [0.25, 0.3) is 0 Å². The summed E-state index contributed by atoms with van der Waals surface area (Å²) in [5.74, 6) is -1.25. The Hall–Kier alpha value is -1.65. The second-order valence-corrected chi connectivity index (χ2v) is 3.40. The number of ether oxygens (including phenoxy) is 1. The molecule has 5 heteroatoms. The zero-order valence-electron chi connectivity index (χ0n) is 8.47. The first-order chi connectivity index (χ1) is 7.24. The molecule has 0 amide bonds. The van der Waals surface area contributed by atoms with Crippen LogP contribution in [-0.4, -0.2) is 28.1 Å². The van der Waals surface area contributed by atoms with Crippen molar-refractivity contribution >= 4 is 11.8 Å². The first-order valence-electron chi connectivity index (χ1n) is 4.96. The molecule has 2 rings (SSSR count). The first kappa shape index (κ1) is 9.89. The minimum Gasteiger partial charge on any atom is -0.465 e. The number of rotatable bonds is 2. The largest absolute Gasteiger partial charge is 0.465 e. The molecule has 80 valence electrons. The maximum absolute atomic E-state index is 11.8. The fraction of sp³-hybridized carbons (Fsp3) is 0.500. The zero-order valence-corrected chi connectivity index (χ0v) is 8.47. The van der Waals surface area contributed by atoms with Crippen molar-refractivity contribution in [3.8, 4) is 0 Å². The van der Waals surface area contributed by atoms with Crippen LogP contribution < -0.4 is 0 Å². The van der Waals surface area contributed by atoms with E-state index in [1.165, 1.54) is 0 Å². The molecule has 1 aromatic heterocycles. The van der Waals surface area contributed by atoms with Gasteiger partial charge in [0.15, 0.2) is 5.78 Å². The lowest BCUT2D eigenvalue weighted by Crippen LogP contribution is -2.33. The van der Waals surface area contributed by atoms with Crippen molar-refractivity contribution < 1.29 is 14.3 Å². The number of carbonyl (C=O) groups is 2. The number of Topliss-reactive ketones (excluding diaryl/α,β-unsaturated/α-hetero) is 1. The minimum absolute atomic E-state index is 0.183. The van der Waals surface area contributed by atoms with Gasteiger partial charge in [0, 0.05) is 12.7 Å². The van der Waals surface area contributed by atoms with Crippen molar-refractivity contribution in [3.05, 3.63) is 18.0 Å². The van der Waals surface area contributed by atoms with Crippen LogP contribution in [-0.2, 0) is 16.1 Å². The number of esters is 1. The highest BCUT2D eigenvalue weighted by molar-refractivity contribution is 6.08. The van der Waals surface area contributed by atoms with Gasteiger partial charge >= 0.3 is 5.97 Å². The Morgan fingerprint density at radius 1 is 1.73 bits per heavy atom. The van der Waals surface area contributed by atoms with E-state index >= 15 is 0 Å². The van der Waals surface area contributed by atoms with E-state index < -0.39 is 11.9 Å². The van der Waals surface area contributed by atoms with Crippen molar-refractivity contribution in [1.29, 1.82) is 0 Å². The van der Waals surface area contributed by atoms with Gasteiger partial charge in [-0.2, -0.15) is 5.10 Å². The molecule has 0 radical (unpaired) electrons. The van der Waals surface area contributed by atoms with Gasteiger partial charge in [0.2, 0.25) is 0 Å². The van der Waals surface area contributed by atoms with E-state index in [9.17, 15) is 9.59 Å². The summed E-state index contributed by atoms with van der Waals surface area (Å²) < 4.78 is 6.48. The molecule has 1 aliphatic rings. The van der Waals surface area contributed by atoms with Gasteiger partial charge in [0.25, 0.3) is 0 Å². The molecule has 2 heterocycles. The molecular weight excluding hydrogens is 196 g/mol. The van der Waals surface area contributed by atoms with Crippen LogP contribution in [0.3, 0.4) is 0 Å². The second kappa shape index (κ2) is 3.84. The number of ketones is 1. The average molecular weight is 208 g/mol. The van der Waals surface area contributed by atoms with Gasteiger partial charge in [-0.15, -0.1) is 0 Å². The van der Waals surface area contributed by atoms with Gasteiger partial charge in [-0.25, -0.2) is 0 Å². The standard InChI is InChI=1S/C10H12N2O3/c1-2-15-10(14)7-4-6-12-8(9(7)13)3-5-11-12/h3,5,7H,2,4,6H2,1H3. The molecule has 0 spiro atoms. The third-order valence-electron chi connectivity index (χ3n) is 2.49. The van der Waals surface area contributed by atoms with Crippen molar-refractivity contribution in [2.75, 3.05) is 6.61 Å². The van der Waals surface area contributed by atoms with Gasteiger partial charge < -0.3 is 4.74 Å². The van der Waals surface area contributed by atoms with Crippen LogP contribution in [0, 0.1) is 5.92 Å². The van der Waals surface area contributed by atoms with Gasteiger partial charge in [-0.1, -0.05) is 0 Å². The highest BCUT2D eigenvalue weighted by Gasteiger charge is 2.34. The van der Waals surface area contributed by atoms with Crippen LogP contribution in [0.1, 0.15) is 23.8 Å². The normalized spacial score (nSPS) is 19.8. The number of hydrogen-bond acceptors (Lipinski definition) is 4. The van der Waals surface area contributed by atoms with E-state index in [-0.39, 0.29) is 5.78 Å². The van der Waals surface area contributed by atoms with Gasteiger partial charge in [0.05, 0.1) is 6.61 Å². The fourth-order valence-corrected chi connectivity index (χ4v) is 1.75. The first-order valence-corrected chi connectivity index (χ1v) is 4.96. The molecule has 0 saturated carbocycles. The van der Waals surface area contributed by atoms with E-state index in [4.69, 9.17) is 4.74 Å². The summed E-state index contributed by atoms with van der Waals surface area (Å²) in [4.78, 5) is 23.3. The van der Waals surface area contributed by atoms with E-state index in [0.717, 1.165) is 0 Å². The molecule has 0 aromatic carbocycles. The van der Waals surface area contributed by atoms with E-state index in [1.807, 2.05) is 0 Å². The predicted molar refractivity (Wildman–Crippen MR) is 51.3 cm³/mol. The van der Waals surface area contributed by atoms with Gasteiger partial charge in [0.1, 0.15) is 11.6 Å². The predicted octanol–water partition coefficient (Wildman–Crippen LogP) is 0.649. The Morgan fingerprint density at radius 2 is 2.53 bits per heavy atom. The molecule has 1 unspecified atom stereocenters. The van der Waals surface area contributed by atoms with Crippen LogP contribution in [0.2, 0.25) is 0 Å². The van der Waals surface area contributed by atoms with Crippen molar-refractivity contribution in [2.45, 2.75) is 19.9 Å². The summed E-state index contributed by atoms with van der Waals surface area (Å²) in [7, 11) is 0. The summed E-state index contributed by atoms with van der Waals surface area (Å²) in [5, 5.41) is 3.99. The summed E-state index contributed by atoms with van der Waals surface area (Å²) in [6.45, 7) is 2.63. The number of aromatic nitrogens is 2. The van der Waals surface area contributed by atoms with Crippen molar-refractivity contribution in [1.82, 2.24) is 9.78 Å². The number of fused-ring (bicyclic) bond motifs is 1. The highest BCUT2D eigenvalue weighted by atomic mass is 16.5. The molecule has 1 aromatic rings. The molecule has 1 aliphatic heterocycles. The van der Waals surface area contributed by atoms with Crippen LogP contribution >= 0.6 is 0 Å². The molecule has 0 saturated heterocycles. The lowest BCUT2D eigenvalue weighted by atomic mass is 9.95. The molecule has 0 aliphatic carbocycles. The molecule has 0 fully saturated rings. The third-order valence-corrected chi connectivity index (χ3v) is 2.49. The Bertz CT molecular complexity index is 397. The molecule has 1 atom stereocenters. The molecular formula is C10H12N2O3.